The highest BCUT2D eigenvalue weighted by Crippen LogP contribution is 2.58. The number of aryl methyl sites for hydroxylation is 1. The fourth-order valence-electron chi connectivity index (χ4n) is 4.19. The summed E-state index contributed by atoms with van der Waals surface area (Å²) in [5.41, 5.74) is 2.93. The molecule has 1 heterocycles. The molecule has 0 saturated carbocycles. The molecule has 0 aliphatic carbocycles. The Balaban J connectivity index is 2.79. The monoisotopic (exact) mass is 414 g/mol. The summed E-state index contributed by atoms with van der Waals surface area (Å²) in [5.74, 6) is 7.02. The number of hydrogen-bond donors (Lipinski definition) is 1. The molecule has 1 aromatic carbocycles. The van der Waals surface area contributed by atoms with E-state index < -0.39 is 14.2 Å². The van der Waals surface area contributed by atoms with Crippen molar-refractivity contribution in [2.24, 2.45) is 0 Å². The van der Waals surface area contributed by atoms with Gasteiger partial charge in [0.2, 0.25) is 0 Å². The van der Waals surface area contributed by atoms with Crippen molar-refractivity contribution in [3.63, 3.8) is 0 Å². The Morgan fingerprint density at radius 2 is 1.66 bits per heavy atom. The second-order valence-electron chi connectivity index (χ2n) is 11.0. The maximum atomic E-state index is 10.1. The predicted molar refractivity (Wildman–Crippen MR) is 123 cm³/mol. The topological polar surface area (TPSA) is 38.7 Å². The van der Waals surface area contributed by atoms with E-state index in [1.54, 1.807) is 13.8 Å². The molecule has 3 nitrogen and oxygen atoms in total. The molecule has 1 aliphatic heterocycles. The zero-order valence-electron chi connectivity index (χ0n) is 19.9. The van der Waals surface area contributed by atoms with Gasteiger partial charge in [-0.1, -0.05) is 59.0 Å². The van der Waals surface area contributed by atoms with Gasteiger partial charge in [0.1, 0.15) is 11.4 Å². The molecule has 0 spiro atoms. The van der Waals surface area contributed by atoms with Crippen LogP contribution in [0.2, 0.25) is 10.1 Å². The fraction of sp³-hybridized carbons (Fsp3) is 0.600. The van der Waals surface area contributed by atoms with Gasteiger partial charge in [-0.05, 0) is 51.8 Å². The molecule has 1 atom stereocenters. The van der Waals surface area contributed by atoms with Crippen LogP contribution in [0, 0.1) is 18.8 Å². The highest BCUT2D eigenvalue weighted by molar-refractivity contribution is 6.74. The van der Waals surface area contributed by atoms with E-state index >= 15 is 0 Å². The van der Waals surface area contributed by atoms with Crippen LogP contribution in [0.1, 0.15) is 91.5 Å². The first-order chi connectivity index (χ1) is 13.0. The first kappa shape index (κ1) is 23.7. The minimum absolute atomic E-state index is 0.126. The van der Waals surface area contributed by atoms with E-state index in [4.69, 9.17) is 8.85 Å². The van der Waals surface area contributed by atoms with E-state index in [1.165, 1.54) is 0 Å². The van der Waals surface area contributed by atoms with Crippen molar-refractivity contribution in [3.8, 4) is 17.6 Å². The third-order valence-corrected chi connectivity index (χ3v) is 10.3. The van der Waals surface area contributed by atoms with Crippen molar-refractivity contribution in [2.75, 3.05) is 0 Å². The highest BCUT2D eigenvalue weighted by atomic mass is 28.4. The molecule has 0 amide bonds. The average molecular weight is 415 g/mol. The van der Waals surface area contributed by atoms with E-state index in [-0.39, 0.29) is 16.2 Å². The Morgan fingerprint density at radius 1 is 1.10 bits per heavy atom. The lowest BCUT2D eigenvalue weighted by Crippen LogP contribution is -2.62. The highest BCUT2D eigenvalue weighted by Gasteiger charge is 2.63. The molecule has 1 aliphatic rings. The number of benzene rings is 1. The number of aliphatic hydroxyl groups is 1. The van der Waals surface area contributed by atoms with E-state index in [0.29, 0.717) is 0 Å². The SMILES string of the molecule is C=C(C)C[C@H]1O[Si](C(C)(C)C)(C(C)(C)C)Oc2cc(C)cc(C#CC(C)(C)O)c21. The van der Waals surface area contributed by atoms with Gasteiger partial charge in [0, 0.05) is 21.2 Å². The van der Waals surface area contributed by atoms with Gasteiger partial charge in [0.25, 0.3) is 0 Å². The predicted octanol–water partition coefficient (Wildman–Crippen LogP) is 6.58. The van der Waals surface area contributed by atoms with Crippen LogP contribution in [0.15, 0.2) is 24.3 Å². The molecule has 29 heavy (non-hydrogen) atoms. The Bertz CT molecular complexity index is 838. The van der Waals surface area contributed by atoms with Crippen LogP contribution in [0.5, 0.6) is 5.75 Å². The van der Waals surface area contributed by atoms with Crippen LogP contribution in [0.25, 0.3) is 0 Å². The summed E-state index contributed by atoms with van der Waals surface area (Å²) in [4.78, 5) is 0. The standard InChI is InChI=1S/C25H38O3Si/c1-17(2)14-20-22-19(12-13-25(10,11)26)15-18(3)16-21(22)28-29(27-20,23(4,5)6)24(7,8)9/h15-16,20,26H,1,14H2,2-11H3/t20-/m1/s1. The summed E-state index contributed by atoms with van der Waals surface area (Å²) in [6.07, 6.45) is 0.561. The van der Waals surface area contributed by atoms with Crippen molar-refractivity contribution in [1.82, 2.24) is 0 Å². The lowest BCUT2D eigenvalue weighted by atomic mass is 9.95. The van der Waals surface area contributed by atoms with Gasteiger partial charge < -0.3 is 14.0 Å². The first-order valence-corrected chi connectivity index (χ1v) is 12.2. The van der Waals surface area contributed by atoms with Crippen molar-refractivity contribution in [3.05, 3.63) is 41.0 Å². The molecular weight excluding hydrogens is 376 g/mol. The van der Waals surface area contributed by atoms with Crippen molar-refractivity contribution in [1.29, 1.82) is 0 Å². The minimum Gasteiger partial charge on any atom is -0.519 e. The smallest absolute Gasteiger partial charge is 0.410 e. The quantitative estimate of drug-likeness (QED) is 0.338. The van der Waals surface area contributed by atoms with Gasteiger partial charge in [0.15, 0.2) is 0 Å². The molecule has 0 saturated heterocycles. The summed E-state index contributed by atoms with van der Waals surface area (Å²) in [6, 6.07) is 4.16. The van der Waals surface area contributed by atoms with Crippen molar-refractivity contribution < 1.29 is 14.0 Å². The number of hydrogen-bond acceptors (Lipinski definition) is 3. The summed E-state index contributed by atoms with van der Waals surface area (Å²) in [5, 5.41) is 9.86. The molecule has 4 heteroatoms. The van der Waals surface area contributed by atoms with Crippen LogP contribution in [-0.2, 0) is 4.43 Å². The minimum atomic E-state index is -2.71. The largest absolute Gasteiger partial charge is 0.519 e. The lowest BCUT2D eigenvalue weighted by Gasteiger charge is -2.53. The first-order valence-electron chi connectivity index (χ1n) is 10.4. The molecule has 160 valence electrons. The summed E-state index contributed by atoms with van der Waals surface area (Å²) < 4.78 is 13.8. The van der Waals surface area contributed by atoms with Crippen LogP contribution in [0.4, 0.5) is 0 Å². The third-order valence-electron chi connectivity index (χ3n) is 5.18. The fourth-order valence-corrected chi connectivity index (χ4v) is 8.89. The maximum Gasteiger partial charge on any atom is 0.410 e. The van der Waals surface area contributed by atoms with Crippen molar-refractivity contribution >= 4 is 8.56 Å². The van der Waals surface area contributed by atoms with E-state index in [9.17, 15) is 5.11 Å². The van der Waals surface area contributed by atoms with Gasteiger partial charge in [-0.2, -0.15) is 0 Å². The lowest BCUT2D eigenvalue weighted by molar-refractivity contribution is 0.0964. The molecule has 0 fully saturated rings. The third kappa shape index (κ3) is 4.96. The van der Waals surface area contributed by atoms with Crippen molar-refractivity contribution in [2.45, 2.75) is 97.4 Å². The van der Waals surface area contributed by atoms with Gasteiger partial charge >= 0.3 is 8.56 Å². The molecule has 0 radical (unpaired) electrons. The van der Waals surface area contributed by atoms with Crippen LogP contribution < -0.4 is 4.43 Å². The summed E-state index contributed by atoms with van der Waals surface area (Å²) in [7, 11) is -2.71. The van der Waals surface area contributed by atoms with Gasteiger partial charge in [-0.15, -0.1) is 6.58 Å². The average Bonchev–Trinajstić information content (AvgIpc) is 2.48. The molecule has 1 aromatic rings. The Morgan fingerprint density at radius 3 is 2.10 bits per heavy atom. The van der Waals surface area contributed by atoms with Crippen LogP contribution in [0.3, 0.4) is 0 Å². The summed E-state index contributed by atoms with van der Waals surface area (Å²) >= 11 is 0. The number of rotatable bonds is 2. The van der Waals surface area contributed by atoms with Gasteiger partial charge in [-0.3, -0.25) is 0 Å². The van der Waals surface area contributed by atoms with E-state index in [2.05, 4.69) is 79.0 Å². The maximum absolute atomic E-state index is 10.1. The second kappa shape index (κ2) is 7.61. The molecule has 0 aromatic heterocycles. The normalized spacial score (nSPS) is 18.9. The summed E-state index contributed by atoms with van der Waals surface area (Å²) in [6.45, 7) is 24.9. The van der Waals surface area contributed by atoms with Crippen LogP contribution in [-0.4, -0.2) is 19.3 Å². The molecule has 1 N–H and O–H groups in total. The zero-order chi connectivity index (χ0) is 22.4. The Hall–Kier alpha value is -1.54. The zero-order valence-corrected chi connectivity index (χ0v) is 20.9. The van der Waals surface area contributed by atoms with Crippen LogP contribution >= 0.6 is 0 Å². The molecule has 2 rings (SSSR count). The molecular formula is C25H38O3Si. The second-order valence-corrected chi connectivity index (χ2v) is 15.7. The molecule has 0 bridgehead atoms. The van der Waals surface area contributed by atoms with E-state index in [1.807, 2.05) is 6.92 Å². The van der Waals surface area contributed by atoms with Gasteiger partial charge in [-0.25, -0.2) is 0 Å². The Kier molecular flexibility index (Phi) is 6.23. The molecule has 0 unspecified atom stereocenters. The van der Waals surface area contributed by atoms with E-state index in [0.717, 1.165) is 34.4 Å². The number of fused-ring (bicyclic) bond motifs is 1. The van der Waals surface area contributed by atoms with Gasteiger partial charge in [0.05, 0.1) is 6.10 Å². The Labute approximate surface area is 178 Å².